The second-order valence-electron chi connectivity index (χ2n) is 4.90. The van der Waals surface area contributed by atoms with E-state index in [1.54, 1.807) is 11.9 Å². The fraction of sp³-hybridized carbons (Fsp3) is 0.125. The molecule has 3 rings (SSSR count). The average molecular weight is 344 g/mol. The predicted molar refractivity (Wildman–Crippen MR) is 87.7 cm³/mol. The molecule has 21 heavy (non-hydrogen) atoms. The molecule has 0 saturated heterocycles. The normalized spacial score (nSPS) is 10.8. The van der Waals surface area contributed by atoms with Gasteiger partial charge in [-0.3, -0.25) is 4.79 Å². The molecule has 1 aromatic heterocycles. The van der Waals surface area contributed by atoms with Crippen molar-refractivity contribution in [3.8, 4) is 0 Å². The van der Waals surface area contributed by atoms with E-state index in [0.29, 0.717) is 5.56 Å². The summed E-state index contributed by atoms with van der Waals surface area (Å²) in [5.41, 5.74) is 3.31. The summed E-state index contributed by atoms with van der Waals surface area (Å²) in [5.74, 6) is 0.815. The zero-order valence-electron chi connectivity index (χ0n) is 11.7. The third-order valence-corrected chi connectivity index (χ3v) is 3.84. The molecule has 1 N–H and O–H groups in total. The van der Waals surface area contributed by atoms with Gasteiger partial charge in [-0.2, -0.15) is 0 Å². The standard InChI is InChI=1S/C16H14BrN3O/c1-10-18-14-7-6-13(9-15(14)19-10)20(2)16(21)11-4-3-5-12(17)8-11/h3-9H,1-2H3,(H,18,19). The lowest BCUT2D eigenvalue weighted by atomic mass is 10.2. The number of nitrogens with zero attached hydrogens (tertiary/aromatic N) is 2. The Hall–Kier alpha value is -2.14. The third kappa shape index (κ3) is 2.69. The summed E-state index contributed by atoms with van der Waals surface area (Å²) in [4.78, 5) is 21.7. The molecular formula is C16H14BrN3O. The second kappa shape index (κ2) is 5.33. The van der Waals surface area contributed by atoms with Gasteiger partial charge in [-0.25, -0.2) is 4.98 Å². The Morgan fingerprint density at radius 2 is 2.05 bits per heavy atom. The van der Waals surface area contributed by atoms with Gasteiger partial charge in [-0.1, -0.05) is 22.0 Å². The first kappa shape index (κ1) is 13.8. The first-order valence-corrected chi connectivity index (χ1v) is 7.34. The number of H-pyrrole nitrogens is 1. The molecule has 0 radical (unpaired) electrons. The molecule has 0 unspecified atom stereocenters. The van der Waals surface area contributed by atoms with Crippen molar-refractivity contribution < 1.29 is 4.79 Å². The Kier molecular flexibility index (Phi) is 3.51. The molecule has 1 amide bonds. The smallest absolute Gasteiger partial charge is 0.258 e. The van der Waals surface area contributed by atoms with Crippen molar-refractivity contribution in [1.29, 1.82) is 0 Å². The van der Waals surface area contributed by atoms with Crippen LogP contribution in [0.15, 0.2) is 46.9 Å². The number of aromatic amines is 1. The van der Waals surface area contributed by atoms with E-state index in [4.69, 9.17) is 0 Å². The Labute approximate surface area is 130 Å². The first-order valence-electron chi connectivity index (χ1n) is 6.54. The van der Waals surface area contributed by atoms with E-state index < -0.39 is 0 Å². The number of rotatable bonds is 2. The number of carbonyl (C=O) groups excluding carboxylic acids is 1. The molecule has 0 bridgehead atoms. The Morgan fingerprint density at radius 3 is 2.81 bits per heavy atom. The van der Waals surface area contributed by atoms with Gasteiger partial charge < -0.3 is 9.88 Å². The van der Waals surface area contributed by atoms with Crippen LogP contribution < -0.4 is 4.90 Å². The van der Waals surface area contributed by atoms with Crippen LogP contribution in [0.4, 0.5) is 5.69 Å². The summed E-state index contributed by atoms with van der Waals surface area (Å²) < 4.78 is 0.890. The van der Waals surface area contributed by atoms with E-state index in [0.717, 1.165) is 27.0 Å². The topological polar surface area (TPSA) is 49.0 Å². The molecule has 0 aliphatic carbocycles. The van der Waals surface area contributed by atoms with Gasteiger partial charge in [-0.15, -0.1) is 0 Å². The lowest BCUT2D eigenvalue weighted by molar-refractivity contribution is 0.0993. The maximum Gasteiger partial charge on any atom is 0.258 e. The highest BCUT2D eigenvalue weighted by Crippen LogP contribution is 2.22. The number of halogens is 1. The number of nitrogens with one attached hydrogen (secondary N) is 1. The van der Waals surface area contributed by atoms with Crippen molar-refractivity contribution in [3.05, 3.63) is 58.3 Å². The Balaban J connectivity index is 1.95. The zero-order chi connectivity index (χ0) is 15.0. The van der Waals surface area contributed by atoms with E-state index in [1.807, 2.05) is 49.4 Å². The van der Waals surface area contributed by atoms with Gasteiger partial charge in [0.1, 0.15) is 5.82 Å². The molecular weight excluding hydrogens is 330 g/mol. The van der Waals surface area contributed by atoms with Crippen LogP contribution in [0.25, 0.3) is 11.0 Å². The third-order valence-electron chi connectivity index (χ3n) is 3.35. The number of hydrogen-bond donors (Lipinski definition) is 1. The molecule has 2 aromatic carbocycles. The summed E-state index contributed by atoms with van der Waals surface area (Å²) in [6.07, 6.45) is 0. The van der Waals surface area contributed by atoms with Crippen molar-refractivity contribution in [2.45, 2.75) is 6.92 Å². The van der Waals surface area contributed by atoms with Crippen LogP contribution in [0, 0.1) is 6.92 Å². The van der Waals surface area contributed by atoms with E-state index in [-0.39, 0.29) is 5.91 Å². The van der Waals surface area contributed by atoms with Crippen molar-refractivity contribution >= 4 is 38.6 Å². The zero-order valence-corrected chi connectivity index (χ0v) is 13.3. The van der Waals surface area contributed by atoms with E-state index >= 15 is 0 Å². The number of carbonyl (C=O) groups is 1. The number of anilines is 1. The van der Waals surface area contributed by atoms with Gasteiger partial charge in [0.15, 0.2) is 0 Å². The van der Waals surface area contributed by atoms with Crippen molar-refractivity contribution in [3.63, 3.8) is 0 Å². The van der Waals surface area contributed by atoms with Gasteiger partial charge in [0.05, 0.1) is 11.0 Å². The Bertz CT molecular complexity index is 825. The highest BCUT2D eigenvalue weighted by molar-refractivity contribution is 9.10. The molecule has 0 fully saturated rings. The number of benzene rings is 2. The Morgan fingerprint density at radius 1 is 1.24 bits per heavy atom. The van der Waals surface area contributed by atoms with Crippen LogP contribution in [-0.4, -0.2) is 22.9 Å². The van der Waals surface area contributed by atoms with Gasteiger partial charge >= 0.3 is 0 Å². The summed E-state index contributed by atoms with van der Waals surface area (Å²) in [5, 5.41) is 0. The minimum absolute atomic E-state index is 0.0492. The lowest BCUT2D eigenvalue weighted by Gasteiger charge is -2.17. The maximum absolute atomic E-state index is 12.5. The van der Waals surface area contributed by atoms with E-state index in [1.165, 1.54) is 0 Å². The predicted octanol–water partition coefficient (Wildman–Crippen LogP) is 3.91. The number of imidazole rings is 1. The van der Waals surface area contributed by atoms with Crippen LogP contribution in [-0.2, 0) is 0 Å². The fourth-order valence-electron chi connectivity index (χ4n) is 2.27. The van der Waals surface area contributed by atoms with E-state index in [9.17, 15) is 4.79 Å². The minimum atomic E-state index is -0.0492. The quantitative estimate of drug-likeness (QED) is 0.766. The van der Waals surface area contributed by atoms with Gasteiger partial charge in [0, 0.05) is 22.8 Å². The lowest BCUT2D eigenvalue weighted by Crippen LogP contribution is -2.26. The largest absolute Gasteiger partial charge is 0.342 e. The molecule has 0 aliphatic rings. The van der Waals surface area contributed by atoms with Crippen molar-refractivity contribution in [2.24, 2.45) is 0 Å². The summed E-state index contributed by atoms with van der Waals surface area (Å²) in [7, 11) is 1.77. The number of amides is 1. The number of aromatic nitrogens is 2. The van der Waals surface area contributed by atoms with Crippen LogP contribution >= 0.6 is 15.9 Å². The van der Waals surface area contributed by atoms with Gasteiger partial charge in [-0.05, 0) is 43.3 Å². The van der Waals surface area contributed by atoms with Gasteiger partial charge in [0.25, 0.3) is 5.91 Å². The fourth-order valence-corrected chi connectivity index (χ4v) is 2.67. The van der Waals surface area contributed by atoms with Gasteiger partial charge in [0.2, 0.25) is 0 Å². The monoisotopic (exact) mass is 343 g/mol. The molecule has 0 spiro atoms. The maximum atomic E-state index is 12.5. The summed E-state index contributed by atoms with van der Waals surface area (Å²) in [6, 6.07) is 13.1. The van der Waals surface area contributed by atoms with Crippen molar-refractivity contribution in [2.75, 3.05) is 11.9 Å². The molecule has 0 atom stereocenters. The van der Waals surface area contributed by atoms with Crippen molar-refractivity contribution in [1.82, 2.24) is 9.97 Å². The van der Waals surface area contributed by atoms with Crippen LogP contribution in [0.3, 0.4) is 0 Å². The number of fused-ring (bicyclic) bond motifs is 1. The summed E-state index contributed by atoms with van der Waals surface area (Å²) in [6.45, 7) is 1.91. The minimum Gasteiger partial charge on any atom is -0.342 e. The molecule has 1 heterocycles. The molecule has 4 nitrogen and oxygen atoms in total. The molecule has 0 aliphatic heterocycles. The van der Waals surface area contributed by atoms with Crippen LogP contribution in [0.5, 0.6) is 0 Å². The summed E-state index contributed by atoms with van der Waals surface area (Å²) >= 11 is 3.39. The number of aryl methyl sites for hydroxylation is 1. The second-order valence-corrected chi connectivity index (χ2v) is 5.81. The van der Waals surface area contributed by atoms with E-state index in [2.05, 4.69) is 25.9 Å². The average Bonchev–Trinajstić information content (AvgIpc) is 2.84. The molecule has 3 aromatic rings. The van der Waals surface area contributed by atoms with Crippen LogP contribution in [0.1, 0.15) is 16.2 Å². The SMILES string of the molecule is Cc1nc2ccc(N(C)C(=O)c3cccc(Br)c3)cc2[nH]1. The van der Waals surface area contributed by atoms with Crippen LogP contribution in [0.2, 0.25) is 0 Å². The first-order chi connectivity index (χ1) is 10.0. The highest BCUT2D eigenvalue weighted by atomic mass is 79.9. The molecule has 0 saturated carbocycles. The molecule has 5 heteroatoms. The number of hydrogen-bond acceptors (Lipinski definition) is 2. The highest BCUT2D eigenvalue weighted by Gasteiger charge is 2.14. The molecule has 106 valence electrons.